The van der Waals surface area contributed by atoms with E-state index in [0.717, 1.165) is 11.8 Å². The number of rotatable bonds is 5. The van der Waals surface area contributed by atoms with Crippen molar-refractivity contribution in [2.75, 3.05) is 17.7 Å². The fourth-order valence-electron chi connectivity index (χ4n) is 2.16. The highest BCUT2D eigenvalue weighted by atomic mass is 35.5. The molecular weight excluding hydrogens is 438 g/mol. The Hall–Kier alpha value is -3.99. The van der Waals surface area contributed by atoms with E-state index < -0.39 is 29.5 Å². The van der Waals surface area contributed by atoms with Crippen LogP contribution in [0.15, 0.2) is 42.5 Å². The standard InChI is InChI=1S/C11H6ClF2N3O3.C8H9NO2/c12-5-2-7(14)6(13)1-4(5)10(18)15-9-3-8(11(19)20)16-17-9;1-9-7-4-2-6(3-5-7)8(10)11/h1-3H,(H,19,20)(H2,15,16,17,18);2-5,9H,1H3,(H,10,11). The average molecular weight is 453 g/mol. The molecule has 0 spiro atoms. The molecule has 2 aromatic carbocycles. The molecule has 0 aliphatic heterocycles. The molecule has 0 unspecified atom stereocenters. The van der Waals surface area contributed by atoms with Gasteiger partial charge in [-0.2, -0.15) is 5.10 Å². The van der Waals surface area contributed by atoms with Gasteiger partial charge in [0.05, 0.1) is 16.1 Å². The van der Waals surface area contributed by atoms with Crippen molar-refractivity contribution in [3.05, 3.63) is 75.9 Å². The predicted octanol–water partition coefficient (Wildman–Crippen LogP) is 3.72. The van der Waals surface area contributed by atoms with Crippen LogP contribution in [-0.2, 0) is 0 Å². The molecule has 12 heteroatoms. The summed E-state index contributed by atoms with van der Waals surface area (Å²) in [6, 6.07) is 8.94. The van der Waals surface area contributed by atoms with Crippen LogP contribution in [0, 0.1) is 11.6 Å². The highest BCUT2D eigenvalue weighted by molar-refractivity contribution is 6.34. The van der Waals surface area contributed by atoms with E-state index in [2.05, 4.69) is 20.8 Å². The summed E-state index contributed by atoms with van der Waals surface area (Å²) in [7, 11) is 1.79. The van der Waals surface area contributed by atoms with Crippen LogP contribution in [0.1, 0.15) is 31.2 Å². The second kappa shape index (κ2) is 10.2. The largest absolute Gasteiger partial charge is 0.478 e. The summed E-state index contributed by atoms with van der Waals surface area (Å²) < 4.78 is 25.9. The minimum Gasteiger partial charge on any atom is -0.478 e. The molecule has 0 atom stereocenters. The number of carboxylic acid groups (broad SMARTS) is 2. The summed E-state index contributed by atoms with van der Waals surface area (Å²) in [5.41, 5.74) is 0.682. The zero-order valence-corrected chi connectivity index (χ0v) is 16.5. The summed E-state index contributed by atoms with van der Waals surface area (Å²) in [6.45, 7) is 0. The number of nitrogens with one attached hydrogen (secondary N) is 3. The number of hydrogen-bond acceptors (Lipinski definition) is 5. The number of aromatic nitrogens is 2. The first-order chi connectivity index (χ1) is 14.6. The van der Waals surface area contributed by atoms with Gasteiger partial charge in [-0.25, -0.2) is 18.4 Å². The van der Waals surface area contributed by atoms with Gasteiger partial charge in [0.2, 0.25) is 0 Å². The molecular formula is C19H15ClF2N4O5. The molecule has 0 saturated heterocycles. The van der Waals surface area contributed by atoms with E-state index >= 15 is 0 Å². The molecule has 1 aromatic heterocycles. The van der Waals surface area contributed by atoms with Crippen molar-refractivity contribution in [1.82, 2.24) is 10.2 Å². The second-order valence-corrected chi connectivity index (χ2v) is 6.21. The van der Waals surface area contributed by atoms with E-state index in [1.54, 1.807) is 31.3 Å². The number of amides is 1. The topological polar surface area (TPSA) is 144 Å². The SMILES string of the molecule is CNc1ccc(C(=O)O)cc1.O=C(O)c1cc(NC(=O)c2cc(F)c(F)cc2Cl)n[nH]1. The summed E-state index contributed by atoms with van der Waals surface area (Å²) in [5, 5.41) is 27.7. The van der Waals surface area contributed by atoms with Crippen LogP contribution in [-0.4, -0.2) is 45.3 Å². The van der Waals surface area contributed by atoms with E-state index in [1.807, 2.05) is 0 Å². The highest BCUT2D eigenvalue weighted by Crippen LogP contribution is 2.21. The van der Waals surface area contributed by atoms with E-state index in [9.17, 15) is 23.2 Å². The Morgan fingerprint density at radius 3 is 2.13 bits per heavy atom. The normalized spacial score (nSPS) is 9.94. The Balaban J connectivity index is 0.000000262. The average Bonchev–Trinajstić information content (AvgIpc) is 3.20. The summed E-state index contributed by atoms with van der Waals surface area (Å²) >= 11 is 5.63. The molecule has 0 fully saturated rings. The van der Waals surface area contributed by atoms with E-state index in [-0.39, 0.29) is 22.1 Å². The van der Waals surface area contributed by atoms with Crippen molar-refractivity contribution in [2.24, 2.45) is 0 Å². The number of anilines is 2. The molecule has 31 heavy (non-hydrogen) atoms. The van der Waals surface area contributed by atoms with Crippen LogP contribution in [0.5, 0.6) is 0 Å². The lowest BCUT2D eigenvalue weighted by molar-refractivity contribution is 0.0682. The third kappa shape index (κ3) is 6.24. The fourth-order valence-corrected chi connectivity index (χ4v) is 2.39. The first-order valence-electron chi connectivity index (χ1n) is 8.38. The van der Waals surface area contributed by atoms with Crippen molar-refractivity contribution in [1.29, 1.82) is 0 Å². The van der Waals surface area contributed by atoms with Gasteiger partial charge in [0, 0.05) is 18.8 Å². The maximum Gasteiger partial charge on any atom is 0.353 e. The fraction of sp³-hybridized carbons (Fsp3) is 0.0526. The number of halogens is 3. The number of hydrogen-bond donors (Lipinski definition) is 5. The van der Waals surface area contributed by atoms with Gasteiger partial charge in [0.15, 0.2) is 17.5 Å². The third-order valence-corrected chi connectivity index (χ3v) is 4.04. The van der Waals surface area contributed by atoms with Gasteiger partial charge in [-0.15, -0.1) is 0 Å². The number of benzene rings is 2. The van der Waals surface area contributed by atoms with Crippen LogP contribution >= 0.6 is 11.6 Å². The van der Waals surface area contributed by atoms with Gasteiger partial charge in [0.1, 0.15) is 5.69 Å². The van der Waals surface area contributed by atoms with Crippen LogP contribution in [0.4, 0.5) is 20.3 Å². The van der Waals surface area contributed by atoms with E-state index in [1.165, 1.54) is 0 Å². The zero-order chi connectivity index (χ0) is 23.1. The van der Waals surface area contributed by atoms with Crippen molar-refractivity contribution in [2.45, 2.75) is 0 Å². The van der Waals surface area contributed by atoms with E-state index in [4.69, 9.17) is 21.8 Å². The quantitative estimate of drug-likeness (QED) is 0.371. The monoisotopic (exact) mass is 452 g/mol. The van der Waals surface area contributed by atoms with Crippen molar-refractivity contribution >= 4 is 41.0 Å². The minimum atomic E-state index is -1.26. The number of aromatic amines is 1. The molecule has 3 aromatic rings. The van der Waals surface area contributed by atoms with Crippen molar-refractivity contribution in [3.8, 4) is 0 Å². The molecule has 0 aliphatic rings. The highest BCUT2D eigenvalue weighted by Gasteiger charge is 2.17. The summed E-state index contributed by atoms with van der Waals surface area (Å²) in [6.07, 6.45) is 0. The van der Waals surface area contributed by atoms with Gasteiger partial charge in [-0.3, -0.25) is 9.89 Å². The second-order valence-electron chi connectivity index (χ2n) is 5.80. The Bertz CT molecular complexity index is 1120. The van der Waals surface area contributed by atoms with E-state index in [0.29, 0.717) is 17.7 Å². The summed E-state index contributed by atoms with van der Waals surface area (Å²) in [5.74, 6) is -5.51. The van der Waals surface area contributed by atoms with Crippen LogP contribution in [0.25, 0.3) is 0 Å². The minimum absolute atomic E-state index is 0.0896. The lowest BCUT2D eigenvalue weighted by Crippen LogP contribution is -2.13. The molecule has 9 nitrogen and oxygen atoms in total. The molecule has 0 radical (unpaired) electrons. The number of carbonyl (C=O) groups excluding carboxylic acids is 1. The predicted molar refractivity (Wildman–Crippen MR) is 108 cm³/mol. The summed E-state index contributed by atoms with van der Waals surface area (Å²) in [4.78, 5) is 32.8. The number of H-pyrrole nitrogens is 1. The molecule has 3 rings (SSSR count). The maximum atomic E-state index is 13.1. The van der Waals surface area contributed by atoms with Crippen LogP contribution in [0.2, 0.25) is 5.02 Å². The molecule has 5 N–H and O–H groups in total. The number of carbonyl (C=O) groups is 3. The lowest BCUT2D eigenvalue weighted by Gasteiger charge is -2.04. The van der Waals surface area contributed by atoms with Gasteiger partial charge >= 0.3 is 11.9 Å². The van der Waals surface area contributed by atoms with Gasteiger partial charge in [0.25, 0.3) is 5.91 Å². The third-order valence-electron chi connectivity index (χ3n) is 3.72. The Labute approximate surface area is 178 Å². The molecule has 162 valence electrons. The van der Waals surface area contributed by atoms with Crippen molar-refractivity contribution < 1.29 is 33.4 Å². The number of aromatic carboxylic acids is 2. The maximum absolute atomic E-state index is 13.1. The smallest absolute Gasteiger partial charge is 0.353 e. The van der Waals surface area contributed by atoms with Gasteiger partial charge in [-0.05, 0) is 36.4 Å². The van der Waals surface area contributed by atoms with Crippen LogP contribution in [0.3, 0.4) is 0 Å². The molecule has 0 saturated carbocycles. The van der Waals surface area contributed by atoms with Crippen LogP contribution < -0.4 is 10.6 Å². The molecule has 1 heterocycles. The Morgan fingerprint density at radius 1 is 1.00 bits per heavy atom. The number of nitrogens with zero attached hydrogens (tertiary/aromatic N) is 1. The number of carboxylic acids is 2. The Kier molecular flexibility index (Phi) is 7.64. The lowest BCUT2D eigenvalue weighted by atomic mass is 10.2. The van der Waals surface area contributed by atoms with Crippen molar-refractivity contribution in [3.63, 3.8) is 0 Å². The molecule has 0 aliphatic carbocycles. The first-order valence-corrected chi connectivity index (χ1v) is 8.76. The zero-order valence-electron chi connectivity index (χ0n) is 15.7. The Morgan fingerprint density at radius 2 is 1.61 bits per heavy atom. The first kappa shape index (κ1) is 23.3. The van der Waals surface area contributed by atoms with Gasteiger partial charge < -0.3 is 20.8 Å². The molecule has 0 bridgehead atoms. The molecule has 1 amide bonds. The van der Waals surface area contributed by atoms with Gasteiger partial charge in [-0.1, -0.05) is 11.6 Å².